The van der Waals surface area contributed by atoms with Crippen molar-refractivity contribution in [3.63, 3.8) is 0 Å². The highest BCUT2D eigenvalue weighted by atomic mass is 32.2. The van der Waals surface area contributed by atoms with Crippen LogP contribution in [0.5, 0.6) is 5.75 Å². The molecule has 2 aliphatic heterocycles. The molecule has 5 rings (SSSR count). The lowest BCUT2D eigenvalue weighted by molar-refractivity contribution is 0.0592. The fraction of sp³-hybridized carbons (Fsp3) is 0.333. The normalized spacial score (nSPS) is 21.9. The summed E-state index contributed by atoms with van der Waals surface area (Å²) in [7, 11) is 0. The number of anilines is 1. The van der Waals surface area contributed by atoms with Crippen molar-refractivity contribution in [3.05, 3.63) is 54.4 Å². The molecule has 1 fully saturated rings. The molecular weight excluding hydrogens is 358 g/mol. The summed E-state index contributed by atoms with van der Waals surface area (Å²) in [6.07, 6.45) is 4.63. The number of thioether (sulfide) groups is 1. The van der Waals surface area contributed by atoms with Crippen LogP contribution >= 0.6 is 11.8 Å². The zero-order chi connectivity index (χ0) is 18.3. The Kier molecular flexibility index (Phi) is 4.17. The summed E-state index contributed by atoms with van der Waals surface area (Å²) in [5, 5.41) is 1.08. The van der Waals surface area contributed by atoms with E-state index in [1.54, 1.807) is 18.1 Å². The fourth-order valence-electron chi connectivity index (χ4n) is 3.95. The average molecular weight is 379 g/mol. The van der Waals surface area contributed by atoms with Gasteiger partial charge in [-0.2, -0.15) is 0 Å². The number of nitrogens with zero attached hydrogens (tertiary/aromatic N) is 3. The molecule has 0 bridgehead atoms. The molecule has 138 valence electrons. The van der Waals surface area contributed by atoms with Crippen molar-refractivity contribution in [3.8, 4) is 5.75 Å². The van der Waals surface area contributed by atoms with Gasteiger partial charge in [-0.05, 0) is 30.5 Å². The summed E-state index contributed by atoms with van der Waals surface area (Å²) in [6, 6.07) is 14.7. The van der Waals surface area contributed by atoms with Gasteiger partial charge in [-0.3, -0.25) is 0 Å². The Bertz CT molecular complexity index is 988. The van der Waals surface area contributed by atoms with Crippen LogP contribution in [-0.4, -0.2) is 41.6 Å². The molecule has 0 amide bonds. The number of aromatic nitrogens is 2. The van der Waals surface area contributed by atoms with Crippen molar-refractivity contribution in [2.75, 3.05) is 30.9 Å². The van der Waals surface area contributed by atoms with Crippen LogP contribution in [0.4, 0.5) is 5.82 Å². The second kappa shape index (κ2) is 6.69. The summed E-state index contributed by atoms with van der Waals surface area (Å²) in [5.41, 5.74) is 1.81. The average Bonchev–Trinajstić information content (AvgIpc) is 3.08. The van der Waals surface area contributed by atoms with Crippen molar-refractivity contribution in [2.45, 2.75) is 23.5 Å². The lowest BCUT2D eigenvalue weighted by Crippen LogP contribution is -2.46. The van der Waals surface area contributed by atoms with Crippen molar-refractivity contribution >= 4 is 28.5 Å². The van der Waals surface area contributed by atoms with E-state index in [0.29, 0.717) is 6.61 Å². The molecule has 1 saturated heterocycles. The Labute approximate surface area is 162 Å². The molecule has 0 N–H and O–H groups in total. The maximum absolute atomic E-state index is 6.50. The second-order valence-electron chi connectivity index (χ2n) is 7.13. The molecule has 5 nitrogen and oxygen atoms in total. The smallest absolute Gasteiger partial charge is 0.152 e. The van der Waals surface area contributed by atoms with Crippen LogP contribution in [0.25, 0.3) is 10.9 Å². The third kappa shape index (κ3) is 3.03. The Hall–Kier alpha value is -2.31. The van der Waals surface area contributed by atoms with Crippen molar-refractivity contribution in [1.82, 2.24) is 9.97 Å². The highest BCUT2D eigenvalue weighted by Crippen LogP contribution is 2.37. The predicted molar refractivity (Wildman–Crippen MR) is 108 cm³/mol. The number of hydrogen-bond donors (Lipinski definition) is 0. The number of para-hydroxylation sites is 1. The van der Waals surface area contributed by atoms with Gasteiger partial charge in [-0.15, -0.1) is 11.8 Å². The van der Waals surface area contributed by atoms with Gasteiger partial charge >= 0.3 is 0 Å². The molecular formula is C21H21N3O2S. The lowest BCUT2D eigenvalue weighted by Gasteiger charge is -2.32. The Balaban J connectivity index is 1.64. The lowest BCUT2D eigenvalue weighted by atomic mass is 10.0. The maximum atomic E-state index is 6.50. The van der Waals surface area contributed by atoms with Gasteiger partial charge in [0.15, 0.2) is 5.60 Å². The van der Waals surface area contributed by atoms with E-state index in [0.717, 1.165) is 48.6 Å². The molecule has 1 atom stereocenters. The monoisotopic (exact) mass is 379 g/mol. The van der Waals surface area contributed by atoms with Crippen LogP contribution in [-0.2, 0) is 11.3 Å². The largest absolute Gasteiger partial charge is 0.483 e. The standard InChI is InChI=1S/C21H21N3O2S/c1-27-16-6-7-18-17(10-16)20(23-14-22-18)24-11-15-4-2-3-5-19(15)26-21(12-24)8-9-25-13-21/h2-7,10,14H,8-9,11-13H2,1H3. The summed E-state index contributed by atoms with van der Waals surface area (Å²) in [6.45, 7) is 2.85. The summed E-state index contributed by atoms with van der Waals surface area (Å²) in [5.74, 6) is 1.91. The fourth-order valence-corrected chi connectivity index (χ4v) is 4.39. The maximum Gasteiger partial charge on any atom is 0.152 e. The van der Waals surface area contributed by atoms with Crippen molar-refractivity contribution in [2.24, 2.45) is 0 Å². The summed E-state index contributed by atoms with van der Waals surface area (Å²) >= 11 is 1.73. The summed E-state index contributed by atoms with van der Waals surface area (Å²) in [4.78, 5) is 12.7. The van der Waals surface area contributed by atoms with Crippen LogP contribution in [0.15, 0.2) is 53.7 Å². The second-order valence-corrected chi connectivity index (χ2v) is 8.01. The van der Waals surface area contributed by atoms with E-state index in [-0.39, 0.29) is 5.60 Å². The van der Waals surface area contributed by atoms with Gasteiger partial charge in [-0.1, -0.05) is 18.2 Å². The quantitative estimate of drug-likeness (QED) is 0.629. The van der Waals surface area contributed by atoms with E-state index >= 15 is 0 Å². The zero-order valence-electron chi connectivity index (χ0n) is 15.2. The zero-order valence-corrected chi connectivity index (χ0v) is 16.0. The highest BCUT2D eigenvalue weighted by Gasteiger charge is 2.42. The van der Waals surface area contributed by atoms with Crippen LogP contribution in [0.2, 0.25) is 0 Å². The number of rotatable bonds is 2. The molecule has 1 aromatic heterocycles. The molecule has 0 radical (unpaired) electrons. The molecule has 27 heavy (non-hydrogen) atoms. The van der Waals surface area contributed by atoms with Crippen LogP contribution in [0.1, 0.15) is 12.0 Å². The third-order valence-corrected chi connectivity index (χ3v) is 6.05. The Morgan fingerprint density at radius 3 is 2.93 bits per heavy atom. The van der Waals surface area contributed by atoms with Gasteiger partial charge in [0.25, 0.3) is 0 Å². The van der Waals surface area contributed by atoms with Crippen molar-refractivity contribution in [1.29, 1.82) is 0 Å². The topological polar surface area (TPSA) is 47.5 Å². The van der Waals surface area contributed by atoms with Crippen LogP contribution in [0, 0.1) is 0 Å². The minimum atomic E-state index is -0.332. The molecule has 1 spiro atoms. The highest BCUT2D eigenvalue weighted by molar-refractivity contribution is 7.98. The first-order valence-electron chi connectivity index (χ1n) is 9.15. The SMILES string of the molecule is CSc1ccc2ncnc(N3Cc4ccccc4OC4(CCOC4)C3)c2c1. The Morgan fingerprint density at radius 2 is 2.07 bits per heavy atom. The van der Waals surface area contributed by atoms with Gasteiger partial charge in [0.05, 0.1) is 25.3 Å². The van der Waals surface area contributed by atoms with Gasteiger partial charge < -0.3 is 14.4 Å². The molecule has 2 aliphatic rings. The van der Waals surface area contributed by atoms with E-state index in [1.807, 2.05) is 6.07 Å². The van der Waals surface area contributed by atoms with E-state index < -0.39 is 0 Å². The van der Waals surface area contributed by atoms with Gasteiger partial charge in [-0.25, -0.2) is 9.97 Å². The molecule has 0 aliphatic carbocycles. The first-order chi connectivity index (χ1) is 13.3. The minimum Gasteiger partial charge on any atom is -0.483 e. The molecule has 2 aromatic carbocycles. The van der Waals surface area contributed by atoms with E-state index in [4.69, 9.17) is 9.47 Å². The molecule has 3 aromatic rings. The van der Waals surface area contributed by atoms with Crippen molar-refractivity contribution < 1.29 is 9.47 Å². The molecule has 1 unspecified atom stereocenters. The van der Waals surface area contributed by atoms with Gasteiger partial charge in [0, 0.05) is 28.8 Å². The van der Waals surface area contributed by atoms with E-state index in [9.17, 15) is 0 Å². The molecule has 3 heterocycles. The molecule has 6 heteroatoms. The number of ether oxygens (including phenoxy) is 2. The predicted octanol–water partition coefficient (Wildman–Crippen LogP) is 3.91. The summed E-state index contributed by atoms with van der Waals surface area (Å²) < 4.78 is 12.2. The van der Waals surface area contributed by atoms with Gasteiger partial charge in [0.2, 0.25) is 0 Å². The number of benzene rings is 2. The van der Waals surface area contributed by atoms with Crippen LogP contribution in [0.3, 0.4) is 0 Å². The Morgan fingerprint density at radius 1 is 1.15 bits per heavy atom. The van der Waals surface area contributed by atoms with Crippen LogP contribution < -0.4 is 9.64 Å². The number of hydrogen-bond acceptors (Lipinski definition) is 6. The minimum absolute atomic E-state index is 0.332. The first kappa shape index (κ1) is 16.8. The van der Waals surface area contributed by atoms with E-state index in [2.05, 4.69) is 57.5 Å². The van der Waals surface area contributed by atoms with Gasteiger partial charge in [0.1, 0.15) is 17.9 Å². The number of fused-ring (bicyclic) bond motifs is 2. The first-order valence-corrected chi connectivity index (χ1v) is 10.4. The van der Waals surface area contributed by atoms with E-state index in [1.165, 1.54) is 10.5 Å². The molecule has 0 saturated carbocycles. The third-order valence-electron chi connectivity index (χ3n) is 5.33.